The summed E-state index contributed by atoms with van der Waals surface area (Å²) < 4.78 is 0. The fourth-order valence-electron chi connectivity index (χ4n) is 2.65. The van der Waals surface area contributed by atoms with E-state index in [9.17, 15) is 9.90 Å². The first kappa shape index (κ1) is 18.4. The molecule has 26 heavy (non-hydrogen) atoms. The first-order valence-corrected chi connectivity index (χ1v) is 9.42. The van der Waals surface area contributed by atoms with Gasteiger partial charge in [0.1, 0.15) is 0 Å². The second kappa shape index (κ2) is 7.85. The Labute approximate surface area is 160 Å². The molecule has 0 aliphatic carbocycles. The SMILES string of the molecule is Cc1cccc(-c2nc(N(CCCl)C(=O)O)sc2-c2ccnc(C)c2)c1. The van der Waals surface area contributed by atoms with Gasteiger partial charge >= 0.3 is 6.09 Å². The van der Waals surface area contributed by atoms with E-state index in [0.29, 0.717) is 5.13 Å². The number of rotatable bonds is 5. The van der Waals surface area contributed by atoms with Gasteiger partial charge in [-0.2, -0.15) is 0 Å². The molecule has 3 aromatic rings. The van der Waals surface area contributed by atoms with Crippen LogP contribution in [0.2, 0.25) is 0 Å². The number of hydrogen-bond acceptors (Lipinski definition) is 4. The van der Waals surface area contributed by atoms with E-state index in [1.54, 1.807) is 6.20 Å². The Bertz CT molecular complexity index is 879. The van der Waals surface area contributed by atoms with Crippen LogP contribution in [-0.2, 0) is 0 Å². The molecule has 0 aliphatic rings. The zero-order valence-electron chi connectivity index (χ0n) is 14.4. The van der Waals surface area contributed by atoms with Crippen molar-refractivity contribution in [1.29, 1.82) is 0 Å². The highest BCUT2D eigenvalue weighted by Gasteiger charge is 2.22. The van der Waals surface area contributed by atoms with Gasteiger partial charge in [-0.3, -0.25) is 9.88 Å². The number of thiazole rings is 1. The number of hydrogen-bond donors (Lipinski definition) is 1. The summed E-state index contributed by atoms with van der Waals surface area (Å²) in [5, 5.41) is 9.93. The van der Waals surface area contributed by atoms with E-state index in [2.05, 4.69) is 9.97 Å². The predicted octanol–water partition coefficient (Wildman–Crippen LogP) is 5.21. The van der Waals surface area contributed by atoms with Crippen molar-refractivity contribution < 1.29 is 9.90 Å². The Kier molecular flexibility index (Phi) is 5.54. The molecule has 1 N–H and O–H groups in total. The highest BCUT2D eigenvalue weighted by atomic mass is 35.5. The van der Waals surface area contributed by atoms with Gasteiger partial charge < -0.3 is 5.11 Å². The lowest BCUT2D eigenvalue weighted by molar-refractivity contribution is 0.202. The van der Waals surface area contributed by atoms with Gasteiger partial charge in [0.15, 0.2) is 5.13 Å². The van der Waals surface area contributed by atoms with Crippen LogP contribution in [0.1, 0.15) is 11.3 Å². The number of aromatic nitrogens is 2. The minimum Gasteiger partial charge on any atom is -0.465 e. The van der Waals surface area contributed by atoms with Crippen LogP contribution in [0.3, 0.4) is 0 Å². The summed E-state index contributed by atoms with van der Waals surface area (Å²) in [6.07, 6.45) is 0.685. The predicted molar refractivity (Wildman–Crippen MR) is 106 cm³/mol. The maximum Gasteiger partial charge on any atom is 0.413 e. The van der Waals surface area contributed by atoms with Gasteiger partial charge in [-0.15, -0.1) is 11.6 Å². The number of nitrogens with zero attached hydrogens (tertiary/aromatic N) is 3. The van der Waals surface area contributed by atoms with Gasteiger partial charge in [0.05, 0.1) is 10.6 Å². The van der Waals surface area contributed by atoms with Crippen LogP contribution in [0.4, 0.5) is 9.93 Å². The molecule has 0 aliphatic heterocycles. The van der Waals surface area contributed by atoms with E-state index in [4.69, 9.17) is 11.6 Å². The Hall–Kier alpha value is -2.44. The largest absolute Gasteiger partial charge is 0.465 e. The number of carboxylic acid groups (broad SMARTS) is 1. The van der Waals surface area contributed by atoms with Crippen molar-refractivity contribution in [1.82, 2.24) is 9.97 Å². The van der Waals surface area contributed by atoms with Crippen molar-refractivity contribution in [2.45, 2.75) is 13.8 Å². The minimum absolute atomic E-state index is 0.187. The molecular formula is C19H18ClN3O2S. The summed E-state index contributed by atoms with van der Waals surface area (Å²) in [6.45, 7) is 4.13. The number of carbonyl (C=O) groups is 1. The lowest BCUT2D eigenvalue weighted by Gasteiger charge is -2.13. The molecule has 0 atom stereocenters. The summed E-state index contributed by atoms with van der Waals surface area (Å²) in [5.41, 5.74) is 4.69. The summed E-state index contributed by atoms with van der Waals surface area (Å²) in [7, 11) is 0. The molecule has 2 heterocycles. The number of amides is 1. The first-order valence-electron chi connectivity index (χ1n) is 8.07. The van der Waals surface area contributed by atoms with E-state index in [-0.39, 0.29) is 12.4 Å². The van der Waals surface area contributed by atoms with Crippen LogP contribution in [0.5, 0.6) is 0 Å². The van der Waals surface area contributed by atoms with E-state index in [0.717, 1.165) is 33.0 Å². The van der Waals surface area contributed by atoms with Crippen molar-refractivity contribution in [3.63, 3.8) is 0 Å². The van der Waals surface area contributed by atoms with E-state index < -0.39 is 6.09 Å². The Morgan fingerprint density at radius 3 is 2.69 bits per heavy atom. The van der Waals surface area contributed by atoms with Gasteiger partial charge in [-0.25, -0.2) is 9.78 Å². The lowest BCUT2D eigenvalue weighted by Crippen LogP contribution is -2.30. The number of aryl methyl sites for hydroxylation is 2. The second-order valence-electron chi connectivity index (χ2n) is 5.85. The zero-order chi connectivity index (χ0) is 18.7. The first-order chi connectivity index (χ1) is 12.5. The number of alkyl halides is 1. The molecule has 0 saturated carbocycles. The molecule has 0 bridgehead atoms. The molecule has 1 amide bonds. The number of anilines is 1. The summed E-state index contributed by atoms with van der Waals surface area (Å²) in [4.78, 5) is 22.6. The van der Waals surface area contributed by atoms with E-state index in [1.807, 2.05) is 50.2 Å². The summed E-state index contributed by atoms with van der Waals surface area (Å²) in [5.74, 6) is 0.204. The zero-order valence-corrected chi connectivity index (χ0v) is 16.0. The Morgan fingerprint density at radius 1 is 1.23 bits per heavy atom. The van der Waals surface area contributed by atoms with Gasteiger partial charge in [0.25, 0.3) is 0 Å². The van der Waals surface area contributed by atoms with Crippen molar-refractivity contribution >= 4 is 34.2 Å². The molecule has 7 heteroatoms. The molecule has 134 valence electrons. The smallest absolute Gasteiger partial charge is 0.413 e. The fourth-order valence-corrected chi connectivity index (χ4v) is 3.93. The maximum atomic E-state index is 11.6. The van der Waals surface area contributed by atoms with Crippen LogP contribution in [0.25, 0.3) is 21.7 Å². The molecule has 0 unspecified atom stereocenters. The molecule has 1 aromatic carbocycles. The van der Waals surface area contributed by atoms with Crippen LogP contribution < -0.4 is 4.90 Å². The average molecular weight is 388 g/mol. The topological polar surface area (TPSA) is 66.3 Å². The van der Waals surface area contributed by atoms with Gasteiger partial charge in [-0.05, 0) is 37.6 Å². The van der Waals surface area contributed by atoms with Crippen molar-refractivity contribution in [2.75, 3.05) is 17.3 Å². The Morgan fingerprint density at radius 2 is 2.04 bits per heavy atom. The molecule has 0 fully saturated rings. The van der Waals surface area contributed by atoms with Crippen LogP contribution in [0.15, 0.2) is 42.6 Å². The van der Waals surface area contributed by atoms with E-state index in [1.165, 1.54) is 16.2 Å². The third-order valence-corrected chi connectivity index (χ3v) is 5.13. The maximum absolute atomic E-state index is 11.6. The highest BCUT2D eigenvalue weighted by molar-refractivity contribution is 7.19. The standard InChI is InChI=1S/C19H18ClN3O2S/c1-12-4-3-5-14(10-12)16-17(15-6-8-21-13(2)11-15)26-18(22-16)23(9-7-20)19(24)25/h3-6,8,10-11H,7,9H2,1-2H3,(H,24,25). The van der Waals surface area contributed by atoms with Crippen LogP contribution in [0, 0.1) is 13.8 Å². The van der Waals surface area contributed by atoms with Crippen LogP contribution >= 0.6 is 22.9 Å². The quantitative estimate of drug-likeness (QED) is 0.610. The van der Waals surface area contributed by atoms with Gasteiger partial charge in [0.2, 0.25) is 0 Å². The number of benzene rings is 1. The molecule has 0 radical (unpaired) electrons. The van der Waals surface area contributed by atoms with Gasteiger partial charge in [-0.1, -0.05) is 35.1 Å². The molecule has 0 spiro atoms. The van der Waals surface area contributed by atoms with Crippen molar-refractivity contribution in [3.05, 3.63) is 53.9 Å². The molecule has 3 rings (SSSR count). The number of pyridine rings is 1. The fraction of sp³-hybridized carbons (Fsp3) is 0.211. The second-order valence-corrected chi connectivity index (χ2v) is 7.21. The third-order valence-electron chi connectivity index (χ3n) is 3.84. The summed E-state index contributed by atoms with van der Waals surface area (Å²) in [6, 6.07) is 11.9. The monoisotopic (exact) mass is 387 g/mol. The summed E-state index contributed by atoms with van der Waals surface area (Å²) >= 11 is 7.12. The van der Waals surface area contributed by atoms with Gasteiger partial charge in [0, 0.05) is 29.9 Å². The third kappa shape index (κ3) is 3.86. The number of halogens is 1. The minimum atomic E-state index is -1.06. The normalized spacial score (nSPS) is 10.7. The van der Waals surface area contributed by atoms with Crippen molar-refractivity contribution in [2.24, 2.45) is 0 Å². The Balaban J connectivity index is 2.19. The molecular weight excluding hydrogens is 370 g/mol. The molecule has 2 aromatic heterocycles. The molecule has 5 nitrogen and oxygen atoms in total. The highest BCUT2D eigenvalue weighted by Crippen LogP contribution is 2.40. The van der Waals surface area contributed by atoms with Crippen LogP contribution in [-0.4, -0.2) is 33.6 Å². The van der Waals surface area contributed by atoms with Crippen molar-refractivity contribution in [3.8, 4) is 21.7 Å². The van der Waals surface area contributed by atoms with E-state index >= 15 is 0 Å². The molecule has 0 saturated heterocycles. The lowest BCUT2D eigenvalue weighted by atomic mass is 10.1. The average Bonchev–Trinajstić information content (AvgIpc) is 3.04.